The average molecular weight is 454 g/mol. The highest BCUT2D eigenvalue weighted by molar-refractivity contribution is 6.32. The molecule has 164 valence electrons. The lowest BCUT2D eigenvalue weighted by molar-refractivity contribution is -0.182. The maximum Gasteiger partial charge on any atom is 0.411 e. The van der Waals surface area contributed by atoms with Crippen molar-refractivity contribution in [1.82, 2.24) is 9.78 Å². The van der Waals surface area contributed by atoms with Gasteiger partial charge in [-0.25, -0.2) is 4.68 Å². The zero-order chi connectivity index (χ0) is 22.4. The molecule has 0 atom stereocenters. The molecular formula is C21H19ClF3N3O3. The summed E-state index contributed by atoms with van der Waals surface area (Å²) in [6.45, 7) is 0.474. The Kier molecular flexibility index (Phi) is 7.19. The molecule has 1 amide bonds. The highest BCUT2D eigenvalue weighted by atomic mass is 35.5. The molecule has 1 heterocycles. The number of carbonyl (C=O) groups is 1. The van der Waals surface area contributed by atoms with Crippen molar-refractivity contribution in [3.05, 3.63) is 76.6 Å². The highest BCUT2D eigenvalue weighted by Crippen LogP contribution is 2.26. The molecule has 0 spiro atoms. The summed E-state index contributed by atoms with van der Waals surface area (Å²) < 4.78 is 47.7. The third-order valence-electron chi connectivity index (χ3n) is 4.08. The van der Waals surface area contributed by atoms with E-state index in [-0.39, 0.29) is 19.2 Å². The summed E-state index contributed by atoms with van der Waals surface area (Å²) in [5.74, 6) is 0.199. The van der Waals surface area contributed by atoms with Crippen molar-refractivity contribution in [3.63, 3.8) is 0 Å². The molecule has 0 aliphatic rings. The highest BCUT2D eigenvalue weighted by Gasteiger charge is 2.27. The minimum absolute atomic E-state index is 0.287. The van der Waals surface area contributed by atoms with Crippen LogP contribution in [0.2, 0.25) is 5.02 Å². The number of ether oxygens (including phenoxy) is 2. The molecule has 0 saturated carbocycles. The van der Waals surface area contributed by atoms with Gasteiger partial charge in [0.25, 0.3) is 5.91 Å². The van der Waals surface area contributed by atoms with Crippen LogP contribution in [0.1, 0.15) is 21.5 Å². The van der Waals surface area contributed by atoms with Crippen LogP contribution in [0.4, 0.5) is 18.9 Å². The van der Waals surface area contributed by atoms with E-state index in [0.29, 0.717) is 22.0 Å². The topological polar surface area (TPSA) is 65.4 Å². The molecule has 6 nitrogen and oxygen atoms in total. The van der Waals surface area contributed by atoms with E-state index >= 15 is 0 Å². The molecule has 0 aliphatic carbocycles. The van der Waals surface area contributed by atoms with Crippen LogP contribution in [0.3, 0.4) is 0 Å². The second-order valence-electron chi connectivity index (χ2n) is 6.73. The zero-order valence-electron chi connectivity index (χ0n) is 16.4. The number of hydrogen-bond acceptors (Lipinski definition) is 4. The predicted octanol–water partition coefficient (Wildman–Crippen LogP) is 5.21. The molecule has 31 heavy (non-hydrogen) atoms. The minimum atomic E-state index is -4.41. The zero-order valence-corrected chi connectivity index (χ0v) is 17.2. The van der Waals surface area contributed by atoms with E-state index in [2.05, 4.69) is 15.2 Å². The molecule has 1 aromatic heterocycles. The smallest absolute Gasteiger partial charge is 0.411 e. The number of nitrogens with zero attached hydrogens (tertiary/aromatic N) is 2. The number of aryl methyl sites for hydroxylation is 1. The van der Waals surface area contributed by atoms with E-state index in [9.17, 15) is 18.0 Å². The molecule has 3 aromatic rings. The number of halogens is 4. The SMILES string of the molecule is Cc1ccc(Cl)c(OCc2ccc(C(=O)Nc3cnn(COCC(F)(F)F)c3)cc2)c1. The van der Waals surface area contributed by atoms with Gasteiger partial charge in [-0.2, -0.15) is 18.3 Å². The third kappa shape index (κ3) is 7.01. The Labute approximate surface area is 181 Å². The van der Waals surface area contributed by atoms with E-state index in [0.717, 1.165) is 15.8 Å². The van der Waals surface area contributed by atoms with Crippen molar-refractivity contribution in [2.75, 3.05) is 11.9 Å². The first-order chi connectivity index (χ1) is 14.7. The van der Waals surface area contributed by atoms with E-state index in [1.807, 2.05) is 19.1 Å². The fraction of sp³-hybridized carbons (Fsp3) is 0.238. The number of carbonyl (C=O) groups excluding carboxylic acids is 1. The van der Waals surface area contributed by atoms with Crippen LogP contribution in [-0.2, 0) is 18.1 Å². The van der Waals surface area contributed by atoms with Crippen molar-refractivity contribution < 1.29 is 27.4 Å². The summed E-state index contributed by atoms with van der Waals surface area (Å²) in [6.07, 6.45) is -1.71. The lowest BCUT2D eigenvalue weighted by atomic mass is 10.1. The number of hydrogen-bond donors (Lipinski definition) is 1. The summed E-state index contributed by atoms with van der Waals surface area (Å²) in [7, 11) is 0. The van der Waals surface area contributed by atoms with Gasteiger partial charge in [0.1, 0.15) is 25.7 Å². The first kappa shape index (κ1) is 22.6. The van der Waals surface area contributed by atoms with Crippen molar-refractivity contribution >= 4 is 23.2 Å². The maximum atomic E-state index is 12.4. The lowest BCUT2D eigenvalue weighted by Gasteiger charge is -2.09. The largest absolute Gasteiger partial charge is 0.487 e. The summed E-state index contributed by atoms with van der Waals surface area (Å²) in [5.41, 5.74) is 2.62. The summed E-state index contributed by atoms with van der Waals surface area (Å²) in [5, 5.41) is 6.99. The molecule has 3 rings (SSSR count). The fourth-order valence-corrected chi connectivity index (χ4v) is 2.76. The van der Waals surface area contributed by atoms with Crippen molar-refractivity contribution in [2.45, 2.75) is 26.4 Å². The van der Waals surface area contributed by atoms with Crippen LogP contribution in [-0.4, -0.2) is 28.5 Å². The van der Waals surface area contributed by atoms with Crippen LogP contribution in [0, 0.1) is 6.92 Å². The van der Waals surface area contributed by atoms with Crippen molar-refractivity contribution in [2.24, 2.45) is 0 Å². The number of rotatable bonds is 8. The Hall–Kier alpha value is -3.04. The van der Waals surface area contributed by atoms with E-state index < -0.39 is 12.8 Å². The van der Waals surface area contributed by atoms with E-state index in [4.69, 9.17) is 16.3 Å². The van der Waals surface area contributed by atoms with Gasteiger partial charge in [0.05, 0.1) is 23.1 Å². The molecule has 2 aromatic carbocycles. The molecule has 1 N–H and O–H groups in total. The first-order valence-electron chi connectivity index (χ1n) is 9.16. The monoisotopic (exact) mass is 453 g/mol. The van der Waals surface area contributed by atoms with Crippen molar-refractivity contribution in [1.29, 1.82) is 0 Å². The predicted molar refractivity (Wildman–Crippen MR) is 109 cm³/mol. The maximum absolute atomic E-state index is 12.4. The van der Waals surface area contributed by atoms with Crippen LogP contribution >= 0.6 is 11.6 Å². The molecule has 10 heteroatoms. The van der Waals surface area contributed by atoms with Crippen LogP contribution in [0.5, 0.6) is 5.75 Å². The van der Waals surface area contributed by atoms with E-state index in [1.165, 1.54) is 12.4 Å². The number of nitrogens with one attached hydrogen (secondary N) is 1. The molecule has 0 saturated heterocycles. The number of alkyl halides is 3. The molecular weight excluding hydrogens is 435 g/mol. The number of anilines is 1. The first-order valence-corrected chi connectivity index (χ1v) is 9.53. The van der Waals surface area contributed by atoms with Crippen LogP contribution in [0.15, 0.2) is 54.9 Å². The van der Waals surface area contributed by atoms with Gasteiger partial charge in [-0.3, -0.25) is 4.79 Å². The fourth-order valence-electron chi connectivity index (χ4n) is 2.59. The number of benzene rings is 2. The summed E-state index contributed by atoms with van der Waals surface area (Å²) in [4.78, 5) is 12.4. The Balaban J connectivity index is 1.52. The van der Waals surface area contributed by atoms with Crippen molar-refractivity contribution in [3.8, 4) is 5.75 Å². The van der Waals surface area contributed by atoms with Gasteiger partial charge in [-0.05, 0) is 42.3 Å². The minimum Gasteiger partial charge on any atom is -0.487 e. The number of aromatic nitrogens is 2. The molecule has 0 fully saturated rings. The van der Waals surface area contributed by atoms with Gasteiger partial charge in [0.15, 0.2) is 0 Å². The Morgan fingerprint density at radius 1 is 1.19 bits per heavy atom. The van der Waals surface area contributed by atoms with Gasteiger partial charge < -0.3 is 14.8 Å². The van der Waals surface area contributed by atoms with Crippen LogP contribution in [0.25, 0.3) is 0 Å². The summed E-state index contributed by atoms with van der Waals surface area (Å²) in [6, 6.07) is 12.3. The van der Waals surface area contributed by atoms with Gasteiger partial charge >= 0.3 is 6.18 Å². The third-order valence-corrected chi connectivity index (χ3v) is 4.39. The molecule has 0 radical (unpaired) electrons. The van der Waals surface area contributed by atoms with E-state index in [1.54, 1.807) is 30.3 Å². The molecule has 0 unspecified atom stereocenters. The lowest BCUT2D eigenvalue weighted by Crippen LogP contribution is -2.18. The Morgan fingerprint density at radius 3 is 2.65 bits per heavy atom. The van der Waals surface area contributed by atoms with Gasteiger partial charge in [0, 0.05) is 5.56 Å². The Morgan fingerprint density at radius 2 is 1.94 bits per heavy atom. The van der Waals surface area contributed by atoms with Gasteiger partial charge in [0.2, 0.25) is 0 Å². The van der Waals surface area contributed by atoms with Gasteiger partial charge in [-0.1, -0.05) is 29.8 Å². The average Bonchev–Trinajstić information content (AvgIpc) is 3.15. The normalized spacial score (nSPS) is 11.4. The molecule has 0 bridgehead atoms. The Bertz CT molecular complexity index is 1040. The van der Waals surface area contributed by atoms with Gasteiger partial charge in [-0.15, -0.1) is 0 Å². The second kappa shape index (κ2) is 9.84. The standard InChI is InChI=1S/C21H19ClF3N3O3/c1-14-2-7-18(22)19(8-14)31-11-15-3-5-16(6-4-15)20(29)27-17-9-26-28(10-17)13-30-12-21(23,24)25/h2-10H,11-13H2,1H3,(H,27,29). The molecule has 0 aliphatic heterocycles. The quantitative estimate of drug-likeness (QED) is 0.508. The number of amides is 1. The summed E-state index contributed by atoms with van der Waals surface area (Å²) >= 11 is 6.11. The second-order valence-corrected chi connectivity index (χ2v) is 7.14. The van der Waals surface area contributed by atoms with Crippen LogP contribution < -0.4 is 10.1 Å².